The van der Waals surface area contributed by atoms with Crippen LogP contribution in [0.1, 0.15) is 29.0 Å². The number of carbonyl (C=O) groups excluding carboxylic acids is 1. The van der Waals surface area contributed by atoms with Crippen molar-refractivity contribution in [3.05, 3.63) is 47.7 Å². The summed E-state index contributed by atoms with van der Waals surface area (Å²) < 4.78 is 5.93. The molecule has 0 unspecified atom stereocenters. The number of nitrogens with zero attached hydrogens (tertiary/aromatic N) is 1. The highest BCUT2D eigenvalue weighted by molar-refractivity contribution is 6.09. The SMILES string of the molecule is Cc1c(C(=O)N2CCC[C@H]2C(=O)O)oc2c1ccc1ccccc12. The van der Waals surface area contributed by atoms with Crippen LogP contribution in [-0.2, 0) is 4.79 Å². The number of hydrogen-bond donors (Lipinski definition) is 1. The number of fused-ring (bicyclic) bond motifs is 3. The Morgan fingerprint density at radius 2 is 1.96 bits per heavy atom. The van der Waals surface area contributed by atoms with Gasteiger partial charge in [0.1, 0.15) is 11.6 Å². The Bertz CT molecular complexity index is 972. The lowest BCUT2D eigenvalue weighted by atomic mass is 10.1. The van der Waals surface area contributed by atoms with E-state index in [4.69, 9.17) is 4.42 Å². The number of carbonyl (C=O) groups is 2. The lowest BCUT2D eigenvalue weighted by Crippen LogP contribution is -2.40. The van der Waals surface area contributed by atoms with Gasteiger partial charge in [-0.1, -0.05) is 36.4 Å². The number of carboxylic acid groups (broad SMARTS) is 1. The molecule has 1 aliphatic rings. The number of likely N-dealkylation sites (tertiary alicyclic amines) is 1. The van der Waals surface area contributed by atoms with E-state index in [2.05, 4.69) is 0 Å². The van der Waals surface area contributed by atoms with Crippen molar-refractivity contribution in [2.24, 2.45) is 0 Å². The molecule has 24 heavy (non-hydrogen) atoms. The summed E-state index contributed by atoms with van der Waals surface area (Å²) in [5.74, 6) is -1.05. The highest BCUT2D eigenvalue weighted by Gasteiger charge is 2.36. The van der Waals surface area contributed by atoms with Crippen LogP contribution < -0.4 is 0 Å². The first kappa shape index (κ1) is 14.8. The molecule has 1 saturated heterocycles. The van der Waals surface area contributed by atoms with Crippen molar-refractivity contribution in [3.8, 4) is 0 Å². The summed E-state index contributed by atoms with van der Waals surface area (Å²) in [7, 11) is 0. The van der Waals surface area contributed by atoms with Crippen LogP contribution in [0.25, 0.3) is 21.7 Å². The maximum atomic E-state index is 12.9. The fourth-order valence-electron chi connectivity index (χ4n) is 3.55. The van der Waals surface area contributed by atoms with E-state index in [1.165, 1.54) is 4.90 Å². The molecule has 0 radical (unpaired) electrons. The molecule has 1 atom stereocenters. The average molecular weight is 323 g/mol. The summed E-state index contributed by atoms with van der Waals surface area (Å²) in [5.41, 5.74) is 1.44. The quantitative estimate of drug-likeness (QED) is 0.782. The zero-order chi connectivity index (χ0) is 16.8. The van der Waals surface area contributed by atoms with Crippen LogP contribution in [0.2, 0.25) is 0 Å². The van der Waals surface area contributed by atoms with Crippen LogP contribution in [0.4, 0.5) is 0 Å². The Labute approximate surface area is 138 Å². The van der Waals surface area contributed by atoms with E-state index in [0.29, 0.717) is 25.0 Å². The molecule has 0 saturated carbocycles. The van der Waals surface area contributed by atoms with Gasteiger partial charge in [-0.25, -0.2) is 4.79 Å². The Morgan fingerprint density at radius 1 is 1.17 bits per heavy atom. The third kappa shape index (κ3) is 2.08. The van der Waals surface area contributed by atoms with Crippen LogP contribution in [0.5, 0.6) is 0 Å². The zero-order valence-electron chi connectivity index (χ0n) is 13.3. The molecule has 3 aromatic rings. The highest BCUT2D eigenvalue weighted by atomic mass is 16.4. The number of aryl methyl sites for hydroxylation is 1. The summed E-state index contributed by atoms with van der Waals surface area (Å²) >= 11 is 0. The molecule has 1 fully saturated rings. The molecular formula is C19H17NO4. The smallest absolute Gasteiger partial charge is 0.326 e. The van der Waals surface area contributed by atoms with Crippen LogP contribution >= 0.6 is 0 Å². The predicted octanol–water partition coefficient (Wildman–Crippen LogP) is 3.58. The van der Waals surface area contributed by atoms with Gasteiger partial charge < -0.3 is 14.4 Å². The minimum atomic E-state index is -0.958. The van der Waals surface area contributed by atoms with Crippen molar-refractivity contribution in [3.63, 3.8) is 0 Å². The van der Waals surface area contributed by atoms with E-state index >= 15 is 0 Å². The van der Waals surface area contributed by atoms with Gasteiger partial charge in [0.25, 0.3) is 5.91 Å². The Morgan fingerprint density at radius 3 is 2.75 bits per heavy atom. The molecule has 1 aromatic heterocycles. The van der Waals surface area contributed by atoms with Crippen LogP contribution in [-0.4, -0.2) is 34.5 Å². The minimum absolute atomic E-state index is 0.245. The second-order valence-electron chi connectivity index (χ2n) is 6.21. The maximum absolute atomic E-state index is 12.9. The molecule has 1 aliphatic heterocycles. The summed E-state index contributed by atoms with van der Waals surface area (Å²) in [5, 5.41) is 12.2. The van der Waals surface area contributed by atoms with Crippen LogP contribution in [0.15, 0.2) is 40.8 Å². The fourth-order valence-corrected chi connectivity index (χ4v) is 3.55. The number of furan rings is 1. The third-order valence-electron chi connectivity index (χ3n) is 4.82. The van der Waals surface area contributed by atoms with Gasteiger partial charge in [0.2, 0.25) is 0 Å². The van der Waals surface area contributed by atoms with Gasteiger partial charge in [0.05, 0.1) is 0 Å². The largest absolute Gasteiger partial charge is 0.480 e. The van der Waals surface area contributed by atoms with Crippen molar-refractivity contribution in [2.45, 2.75) is 25.8 Å². The van der Waals surface area contributed by atoms with Gasteiger partial charge in [0, 0.05) is 22.9 Å². The normalized spacial score (nSPS) is 17.7. The van der Waals surface area contributed by atoms with E-state index < -0.39 is 12.0 Å². The Hall–Kier alpha value is -2.82. The summed E-state index contributed by atoms with van der Waals surface area (Å²) in [6, 6.07) is 11.0. The van der Waals surface area contributed by atoms with Crippen molar-refractivity contribution in [2.75, 3.05) is 6.54 Å². The van der Waals surface area contributed by atoms with E-state index in [1.54, 1.807) is 0 Å². The van der Waals surface area contributed by atoms with Gasteiger partial charge in [-0.3, -0.25) is 4.79 Å². The number of amides is 1. The van der Waals surface area contributed by atoms with E-state index in [9.17, 15) is 14.7 Å². The molecule has 0 spiro atoms. The molecule has 0 bridgehead atoms. The van der Waals surface area contributed by atoms with Crippen molar-refractivity contribution < 1.29 is 19.1 Å². The number of rotatable bonds is 2. The topological polar surface area (TPSA) is 70.8 Å². The first-order valence-electron chi connectivity index (χ1n) is 8.02. The van der Waals surface area contributed by atoms with E-state index in [-0.39, 0.29) is 11.7 Å². The fraction of sp³-hybridized carbons (Fsp3) is 0.263. The molecule has 4 rings (SSSR count). The lowest BCUT2D eigenvalue weighted by Gasteiger charge is -2.20. The molecule has 2 heterocycles. The second kappa shape index (κ2) is 5.37. The molecule has 1 amide bonds. The first-order valence-corrected chi connectivity index (χ1v) is 8.02. The maximum Gasteiger partial charge on any atom is 0.326 e. The van der Waals surface area contributed by atoms with Crippen LogP contribution in [0.3, 0.4) is 0 Å². The molecular weight excluding hydrogens is 306 g/mol. The summed E-state index contributed by atoms with van der Waals surface area (Å²) in [6.45, 7) is 2.30. The van der Waals surface area contributed by atoms with Gasteiger partial charge in [-0.05, 0) is 25.2 Å². The van der Waals surface area contributed by atoms with E-state index in [1.807, 2.05) is 43.3 Å². The molecule has 5 nitrogen and oxygen atoms in total. The molecule has 1 N–H and O–H groups in total. The van der Waals surface area contributed by atoms with Gasteiger partial charge in [-0.15, -0.1) is 0 Å². The Kier molecular flexibility index (Phi) is 3.30. The van der Waals surface area contributed by atoms with Crippen molar-refractivity contribution in [1.29, 1.82) is 0 Å². The number of hydrogen-bond acceptors (Lipinski definition) is 3. The molecule has 0 aliphatic carbocycles. The number of carboxylic acids is 1. The van der Waals surface area contributed by atoms with Crippen molar-refractivity contribution in [1.82, 2.24) is 4.90 Å². The molecule has 5 heteroatoms. The zero-order valence-corrected chi connectivity index (χ0v) is 13.3. The van der Waals surface area contributed by atoms with Gasteiger partial charge in [0.15, 0.2) is 5.76 Å². The monoisotopic (exact) mass is 323 g/mol. The third-order valence-corrected chi connectivity index (χ3v) is 4.82. The van der Waals surface area contributed by atoms with Gasteiger partial charge >= 0.3 is 5.97 Å². The molecule has 122 valence electrons. The first-order chi connectivity index (χ1) is 11.6. The second-order valence-corrected chi connectivity index (χ2v) is 6.21. The lowest BCUT2D eigenvalue weighted by molar-refractivity contribution is -0.141. The minimum Gasteiger partial charge on any atom is -0.480 e. The standard InChI is InChI=1S/C19H17NO4/c1-11-13-9-8-12-5-2-3-6-14(12)17(13)24-16(11)18(21)20-10-4-7-15(20)19(22)23/h2-3,5-6,8-9,15H,4,7,10H2,1H3,(H,22,23)/t15-/m0/s1. The van der Waals surface area contributed by atoms with Gasteiger partial charge in [-0.2, -0.15) is 0 Å². The predicted molar refractivity (Wildman–Crippen MR) is 90.2 cm³/mol. The highest BCUT2D eigenvalue weighted by Crippen LogP contribution is 2.33. The van der Waals surface area contributed by atoms with E-state index in [0.717, 1.165) is 21.7 Å². The summed E-state index contributed by atoms with van der Waals surface area (Å²) in [4.78, 5) is 25.6. The van der Waals surface area contributed by atoms with Crippen molar-refractivity contribution >= 4 is 33.6 Å². The van der Waals surface area contributed by atoms with Crippen LogP contribution in [0, 0.1) is 6.92 Å². The number of benzene rings is 2. The Balaban J connectivity index is 1.85. The summed E-state index contributed by atoms with van der Waals surface area (Å²) in [6.07, 6.45) is 1.19. The average Bonchev–Trinajstić information content (AvgIpc) is 3.19. The number of aliphatic carboxylic acids is 1. The molecule has 2 aromatic carbocycles.